The van der Waals surface area contributed by atoms with Crippen LogP contribution in [0, 0.1) is 0 Å². The van der Waals surface area contributed by atoms with E-state index in [0.29, 0.717) is 83.5 Å². The fourth-order valence-electron chi connectivity index (χ4n) is 13.7. The van der Waals surface area contributed by atoms with Gasteiger partial charge in [-0.25, -0.2) is 0 Å². The van der Waals surface area contributed by atoms with Crippen molar-refractivity contribution in [3.8, 4) is 0 Å². The highest BCUT2D eigenvalue weighted by molar-refractivity contribution is 5.79. The third kappa shape index (κ3) is 44.0. The molecule has 4 heterocycles. The Labute approximate surface area is 712 Å². The maximum Gasteiger partial charge on any atom is 0.222 e. The normalized spacial score (nSPS) is 25.6. The summed E-state index contributed by atoms with van der Waals surface area (Å²) in [6.45, 7) is 2.16. The summed E-state index contributed by atoms with van der Waals surface area (Å²) in [5.74, 6) is -3.91. The first kappa shape index (κ1) is 108. The summed E-state index contributed by atoms with van der Waals surface area (Å²) in [4.78, 5) is 139. The molecule has 15 unspecified atom stereocenters. The number of hydrogen-bond donors (Lipinski definition) is 22. The van der Waals surface area contributed by atoms with Gasteiger partial charge in [0, 0.05) is 144 Å². The van der Waals surface area contributed by atoms with Crippen molar-refractivity contribution in [1.82, 2.24) is 58.5 Å². The summed E-state index contributed by atoms with van der Waals surface area (Å²) in [5.41, 5.74) is -1.44. The van der Waals surface area contributed by atoms with Gasteiger partial charge in [0.15, 0.2) is 18.9 Å². The first-order valence-corrected chi connectivity index (χ1v) is 42.9. The molecule has 22 N–H and O–H groups in total. The molecule has 0 saturated carbocycles. The minimum absolute atomic E-state index is 0.0708. The van der Waals surface area contributed by atoms with Gasteiger partial charge in [0.25, 0.3) is 0 Å². The third-order valence-corrected chi connectivity index (χ3v) is 20.5. The van der Waals surface area contributed by atoms with Crippen LogP contribution in [0.1, 0.15) is 188 Å². The lowest BCUT2D eigenvalue weighted by atomic mass is 9.97. The van der Waals surface area contributed by atoms with Gasteiger partial charge in [-0.05, 0) is 70.6 Å². The molecule has 43 nitrogen and oxygen atoms in total. The van der Waals surface area contributed by atoms with Crippen molar-refractivity contribution in [2.75, 3.05) is 132 Å². The molecular formula is C79H141N11O32. The number of ether oxygens (including phenoxy) is 10. The van der Waals surface area contributed by atoms with E-state index >= 15 is 0 Å². The maximum atomic E-state index is 14.0. The molecule has 43 heteroatoms. The number of unbranched alkanes of at least 4 members (excludes halogenated alkanes) is 10. The minimum Gasteiger partial charge on any atom is -0.394 e. The second-order valence-corrected chi connectivity index (χ2v) is 31.1. The van der Waals surface area contributed by atoms with Gasteiger partial charge in [-0.1, -0.05) is 38.5 Å². The third-order valence-electron chi connectivity index (χ3n) is 20.5. The lowest BCUT2D eigenvalue weighted by Gasteiger charge is -2.42. The van der Waals surface area contributed by atoms with Crippen molar-refractivity contribution < 1.29 is 156 Å². The molecule has 0 aromatic rings. The van der Waals surface area contributed by atoms with E-state index in [1.54, 1.807) is 0 Å². The van der Waals surface area contributed by atoms with E-state index in [-0.39, 0.29) is 210 Å². The molecule has 704 valence electrons. The Kier molecular flexibility index (Phi) is 55.1. The summed E-state index contributed by atoms with van der Waals surface area (Å²) < 4.78 is 57.8. The Morgan fingerprint density at radius 3 is 0.869 bits per heavy atom. The van der Waals surface area contributed by atoms with E-state index in [1.165, 1.54) is 20.8 Å². The van der Waals surface area contributed by atoms with Crippen LogP contribution in [0.15, 0.2) is 0 Å². The van der Waals surface area contributed by atoms with Crippen LogP contribution in [0.3, 0.4) is 0 Å². The van der Waals surface area contributed by atoms with E-state index in [1.807, 2.05) is 0 Å². The van der Waals surface area contributed by atoms with Crippen molar-refractivity contribution in [2.45, 2.75) is 303 Å². The molecular weight excluding hydrogens is 1610 g/mol. The molecule has 0 bridgehead atoms. The zero-order valence-corrected chi connectivity index (χ0v) is 70.9. The summed E-state index contributed by atoms with van der Waals surface area (Å²) in [5, 5.41) is 141. The molecule has 4 fully saturated rings. The van der Waals surface area contributed by atoms with E-state index in [9.17, 15) is 109 Å². The molecule has 0 spiro atoms. The van der Waals surface area contributed by atoms with Crippen LogP contribution in [-0.2, 0) is 100 Å². The fourth-order valence-corrected chi connectivity index (χ4v) is 13.7. The van der Waals surface area contributed by atoms with Gasteiger partial charge in [-0.2, -0.15) is 0 Å². The van der Waals surface area contributed by atoms with Gasteiger partial charge >= 0.3 is 0 Å². The summed E-state index contributed by atoms with van der Waals surface area (Å²) in [6, 6.07) is -3.30. The average Bonchev–Trinajstić information content (AvgIpc) is 0.862. The summed E-state index contributed by atoms with van der Waals surface area (Å²) in [6.07, 6.45) is -6.91. The van der Waals surface area contributed by atoms with Gasteiger partial charge in [-0.3, -0.25) is 52.7 Å². The number of aliphatic hydroxyl groups is 11. The molecule has 0 aromatic heterocycles. The van der Waals surface area contributed by atoms with Crippen LogP contribution in [-0.4, -0.2) is 369 Å². The smallest absolute Gasteiger partial charge is 0.222 e. The predicted molar refractivity (Wildman–Crippen MR) is 430 cm³/mol. The van der Waals surface area contributed by atoms with Crippen LogP contribution < -0.4 is 58.5 Å². The number of nitrogens with one attached hydrogen (secondary N) is 11. The van der Waals surface area contributed by atoms with Gasteiger partial charge in [0.05, 0.1) is 78.3 Å². The zero-order chi connectivity index (χ0) is 89.6. The van der Waals surface area contributed by atoms with Crippen LogP contribution in [0.4, 0.5) is 0 Å². The molecule has 11 amide bonds. The molecule has 4 rings (SSSR count). The summed E-state index contributed by atoms with van der Waals surface area (Å²) >= 11 is 0. The molecule has 4 aliphatic heterocycles. The monoisotopic (exact) mass is 1760 g/mol. The van der Waals surface area contributed by atoms with Crippen molar-refractivity contribution in [3.05, 3.63) is 0 Å². The van der Waals surface area contributed by atoms with Crippen molar-refractivity contribution in [1.29, 1.82) is 0 Å². The van der Waals surface area contributed by atoms with E-state index in [0.717, 1.165) is 38.5 Å². The van der Waals surface area contributed by atoms with E-state index in [2.05, 4.69) is 58.5 Å². The highest BCUT2D eigenvalue weighted by Gasteiger charge is 2.48. The first-order valence-electron chi connectivity index (χ1n) is 42.9. The number of rotatable bonds is 66. The Bertz CT molecular complexity index is 2790. The summed E-state index contributed by atoms with van der Waals surface area (Å²) in [7, 11) is 0. The molecule has 0 aliphatic carbocycles. The number of aliphatic hydroxyl groups excluding tert-OH is 11. The Morgan fingerprint density at radius 2 is 0.582 bits per heavy atom. The largest absolute Gasteiger partial charge is 0.394 e. The second kappa shape index (κ2) is 62.5. The van der Waals surface area contributed by atoms with Crippen LogP contribution in [0.2, 0.25) is 0 Å². The SMILES string of the molecule is CC(=O)NC1C(OCCCCC(=O)NCCCNC(=O)CCOCC(COCCC(=O)NCCCNC(=O)CCCCOC2OC(CO)C(O)C(O)C2NC(C)=O)(COCCC(=O)NCCCNC(=O)CCCCOC2OC(CO)C(O)C(O)C2NC(C)=O)NC(=O)CCCCCCCCCCC(=O)NC[C@@H]2C[C@H](O)[C@@H](CO)O2)OC(CO)C(O)C1O. The molecule has 18 atom stereocenters. The molecule has 0 aromatic carbocycles. The second-order valence-electron chi connectivity index (χ2n) is 31.1. The van der Waals surface area contributed by atoms with Crippen LogP contribution >= 0.6 is 0 Å². The Morgan fingerprint density at radius 1 is 0.311 bits per heavy atom. The number of carbonyl (C=O) groups is 11. The lowest BCUT2D eigenvalue weighted by molar-refractivity contribution is -0.270. The fraction of sp³-hybridized carbons (Fsp3) is 0.861. The maximum absolute atomic E-state index is 14.0. The molecule has 4 aliphatic rings. The van der Waals surface area contributed by atoms with Crippen LogP contribution in [0.5, 0.6) is 0 Å². The van der Waals surface area contributed by atoms with Crippen molar-refractivity contribution in [2.24, 2.45) is 0 Å². The number of carbonyl (C=O) groups excluding carboxylic acids is 11. The topological polar surface area (TPSA) is 635 Å². The first-order chi connectivity index (χ1) is 58.5. The van der Waals surface area contributed by atoms with Gasteiger partial charge in [0.1, 0.15) is 84.7 Å². The highest BCUT2D eigenvalue weighted by atomic mass is 16.7. The van der Waals surface area contributed by atoms with E-state index in [4.69, 9.17) is 47.4 Å². The molecule has 122 heavy (non-hydrogen) atoms. The quantitative estimate of drug-likeness (QED) is 0.0252. The Hall–Kier alpha value is -6.67. The van der Waals surface area contributed by atoms with Crippen LogP contribution in [0.25, 0.3) is 0 Å². The van der Waals surface area contributed by atoms with Crippen molar-refractivity contribution in [3.63, 3.8) is 0 Å². The lowest BCUT2D eigenvalue weighted by Crippen LogP contribution is -2.64. The predicted octanol–water partition coefficient (Wildman–Crippen LogP) is -6.15. The Balaban J connectivity index is 1.29. The van der Waals surface area contributed by atoms with Gasteiger partial charge in [0.2, 0.25) is 65.0 Å². The average molecular weight is 1760 g/mol. The van der Waals surface area contributed by atoms with Gasteiger partial charge < -0.3 is 162 Å². The number of hydrogen-bond acceptors (Lipinski definition) is 32. The highest BCUT2D eigenvalue weighted by Crippen LogP contribution is 2.27. The standard InChI is InChI=1S/C79H141N11O32/c1-50(95)87-67-73(110)70(107)56(44-92)120-76(67)116-35-15-12-22-59(99)80-29-18-32-83-63(103)26-38-113-47-79(90-66(106)25-11-9-7-5-4-6-8-10-21-62(102)86-42-53-41-54(98)55(43-91)119-53,48-114-39-27-64(104)84-33-19-30-81-60(100)23-13-16-36-117-77-68(88-51(2)96)74(111)71(108)57(45-93)121-77)49-115-40-28-65(105)85-34-20-31-82-61(101)24-14-17-37-118-78-69(89-52(3)97)75(112)72(109)58(46-94)122-78/h53-58,67-78,91-94,98,107-112H,4-49H2,1-3H3,(H,80,99)(H,81,100)(H,82,101)(H,83,103)(H,84,104)(H,85,105)(H,86,102)(H,87,95)(H,88,96)(H,89,97)(H,90,106)/t53-,54-,55+,56?,57?,58?,67?,68?,69?,70?,71?,72?,73?,74?,75?,76?,77?,78?,79?/m0/s1. The van der Waals surface area contributed by atoms with Crippen molar-refractivity contribution >= 4 is 65.0 Å². The number of amides is 11. The zero-order valence-electron chi connectivity index (χ0n) is 70.9. The molecule has 0 radical (unpaired) electrons. The van der Waals surface area contributed by atoms with E-state index < -0.39 is 147 Å². The van der Waals surface area contributed by atoms with Gasteiger partial charge in [-0.15, -0.1) is 0 Å². The molecule has 4 saturated heterocycles. The minimum atomic E-state index is -1.47.